The first-order valence-corrected chi connectivity index (χ1v) is 6.75. The number of anilines is 1. The highest BCUT2D eigenvalue weighted by Crippen LogP contribution is 2.24. The molecule has 2 nitrogen and oxygen atoms in total. The molecule has 104 valence electrons. The average Bonchev–Trinajstić information content (AvgIpc) is 2.36. The van der Waals surface area contributed by atoms with Crippen molar-refractivity contribution < 1.29 is 13.6 Å². The summed E-state index contributed by atoms with van der Waals surface area (Å²) in [6, 6.07) is 8.67. The van der Waals surface area contributed by atoms with Gasteiger partial charge in [0.05, 0.1) is 10.9 Å². The van der Waals surface area contributed by atoms with Crippen molar-refractivity contribution in [3.8, 4) is 0 Å². The average molecular weight is 340 g/mol. The minimum atomic E-state index is -0.448. The molecule has 0 unspecified atom stereocenters. The molecule has 0 radical (unpaired) electrons. The molecular weight excluding hydrogens is 328 g/mol. The highest BCUT2D eigenvalue weighted by molar-refractivity contribution is 9.10. The number of carbonyl (C=O) groups is 1. The van der Waals surface area contributed by atoms with Gasteiger partial charge in [0.2, 0.25) is 5.91 Å². The Balaban J connectivity index is 2.10. The van der Waals surface area contributed by atoms with Crippen LogP contribution in [0.4, 0.5) is 14.5 Å². The van der Waals surface area contributed by atoms with Gasteiger partial charge < -0.3 is 5.32 Å². The topological polar surface area (TPSA) is 29.1 Å². The van der Waals surface area contributed by atoms with Crippen LogP contribution in [0.15, 0.2) is 40.9 Å². The Morgan fingerprint density at radius 2 is 2.00 bits per heavy atom. The quantitative estimate of drug-likeness (QED) is 0.891. The van der Waals surface area contributed by atoms with Gasteiger partial charge in [-0.1, -0.05) is 12.1 Å². The molecule has 0 aliphatic rings. The molecule has 0 bridgehead atoms. The molecule has 2 aromatic rings. The molecule has 20 heavy (non-hydrogen) atoms. The van der Waals surface area contributed by atoms with E-state index in [1.54, 1.807) is 25.1 Å². The summed E-state index contributed by atoms with van der Waals surface area (Å²) < 4.78 is 26.8. The van der Waals surface area contributed by atoms with Crippen LogP contribution < -0.4 is 5.32 Å². The highest BCUT2D eigenvalue weighted by Gasteiger charge is 2.09. The van der Waals surface area contributed by atoms with E-state index in [0.29, 0.717) is 15.7 Å². The van der Waals surface area contributed by atoms with E-state index in [9.17, 15) is 13.6 Å². The van der Waals surface area contributed by atoms with E-state index in [4.69, 9.17) is 0 Å². The summed E-state index contributed by atoms with van der Waals surface area (Å²) in [6.45, 7) is 1.77. The normalized spacial score (nSPS) is 10.4. The Labute approximate surface area is 123 Å². The number of nitrogens with one attached hydrogen (secondary N) is 1. The van der Waals surface area contributed by atoms with Gasteiger partial charge in [-0.15, -0.1) is 0 Å². The summed E-state index contributed by atoms with van der Waals surface area (Å²) in [5.74, 6) is -1.15. The van der Waals surface area contributed by atoms with Crippen LogP contribution in [-0.4, -0.2) is 5.91 Å². The van der Waals surface area contributed by atoms with E-state index < -0.39 is 5.82 Å². The van der Waals surface area contributed by atoms with Crippen molar-refractivity contribution in [3.05, 3.63) is 63.6 Å². The maximum absolute atomic E-state index is 13.4. The first-order chi connectivity index (χ1) is 9.45. The largest absolute Gasteiger partial charge is 0.325 e. The summed E-state index contributed by atoms with van der Waals surface area (Å²) >= 11 is 3.08. The van der Waals surface area contributed by atoms with Crippen molar-refractivity contribution in [1.29, 1.82) is 0 Å². The van der Waals surface area contributed by atoms with Crippen molar-refractivity contribution in [2.24, 2.45) is 0 Å². The lowest BCUT2D eigenvalue weighted by atomic mass is 10.1. The van der Waals surface area contributed by atoms with Gasteiger partial charge in [0.15, 0.2) is 0 Å². The van der Waals surface area contributed by atoms with Crippen molar-refractivity contribution >= 4 is 27.5 Å². The second-order valence-electron chi connectivity index (χ2n) is 4.44. The van der Waals surface area contributed by atoms with Gasteiger partial charge in [-0.05, 0) is 58.2 Å². The maximum Gasteiger partial charge on any atom is 0.228 e. The standard InChI is InChI=1S/C15H12BrF2NO/c1-9-5-12(16)13(18)8-14(9)19-15(20)7-10-3-2-4-11(17)6-10/h2-6,8H,7H2,1H3,(H,19,20). The van der Waals surface area contributed by atoms with Crippen molar-refractivity contribution in [2.75, 3.05) is 5.32 Å². The van der Waals surface area contributed by atoms with Gasteiger partial charge >= 0.3 is 0 Å². The molecule has 0 aliphatic carbocycles. The lowest BCUT2D eigenvalue weighted by Gasteiger charge is -2.09. The van der Waals surface area contributed by atoms with Crippen LogP contribution in [0.3, 0.4) is 0 Å². The fraction of sp³-hybridized carbons (Fsp3) is 0.133. The van der Waals surface area contributed by atoms with Gasteiger partial charge in [0, 0.05) is 5.69 Å². The summed E-state index contributed by atoms with van der Waals surface area (Å²) in [6.07, 6.45) is 0.0366. The van der Waals surface area contributed by atoms with E-state index in [0.717, 1.165) is 5.56 Å². The Morgan fingerprint density at radius 1 is 1.25 bits per heavy atom. The zero-order chi connectivity index (χ0) is 14.7. The molecule has 0 heterocycles. The van der Waals surface area contributed by atoms with Crippen LogP contribution in [0, 0.1) is 18.6 Å². The molecule has 2 aromatic carbocycles. The first-order valence-electron chi connectivity index (χ1n) is 5.95. The Bertz CT molecular complexity index is 658. The van der Waals surface area contributed by atoms with E-state index >= 15 is 0 Å². The first kappa shape index (κ1) is 14.7. The zero-order valence-electron chi connectivity index (χ0n) is 10.7. The van der Waals surface area contributed by atoms with Gasteiger partial charge in [0.1, 0.15) is 11.6 Å². The minimum absolute atomic E-state index is 0.0366. The van der Waals surface area contributed by atoms with Crippen LogP contribution in [0.1, 0.15) is 11.1 Å². The third-order valence-electron chi connectivity index (χ3n) is 2.80. The number of hydrogen-bond acceptors (Lipinski definition) is 1. The molecule has 0 fully saturated rings. The SMILES string of the molecule is Cc1cc(Br)c(F)cc1NC(=O)Cc1cccc(F)c1. The second-order valence-corrected chi connectivity index (χ2v) is 5.29. The fourth-order valence-corrected chi connectivity index (χ4v) is 2.27. The molecule has 0 aliphatic heterocycles. The molecule has 0 aromatic heterocycles. The van der Waals surface area contributed by atoms with Crippen LogP contribution >= 0.6 is 15.9 Å². The number of halogens is 3. The molecule has 0 saturated heterocycles. The maximum atomic E-state index is 13.4. The number of rotatable bonds is 3. The smallest absolute Gasteiger partial charge is 0.228 e. The van der Waals surface area contributed by atoms with Crippen LogP contribution in [0.25, 0.3) is 0 Å². The predicted octanol–water partition coefficient (Wildman–Crippen LogP) is 4.22. The van der Waals surface area contributed by atoms with Gasteiger partial charge in [-0.2, -0.15) is 0 Å². The van der Waals surface area contributed by atoms with E-state index in [2.05, 4.69) is 21.2 Å². The summed E-state index contributed by atoms with van der Waals surface area (Å²) in [4.78, 5) is 11.9. The number of benzene rings is 2. The van der Waals surface area contributed by atoms with E-state index in [1.165, 1.54) is 18.2 Å². The van der Waals surface area contributed by atoms with Crippen LogP contribution in [0.2, 0.25) is 0 Å². The lowest BCUT2D eigenvalue weighted by Crippen LogP contribution is -2.15. The Hall–Kier alpha value is -1.75. The second kappa shape index (κ2) is 6.13. The zero-order valence-corrected chi connectivity index (χ0v) is 12.3. The lowest BCUT2D eigenvalue weighted by molar-refractivity contribution is -0.115. The molecule has 1 N–H and O–H groups in total. The molecular formula is C15H12BrF2NO. The highest BCUT2D eigenvalue weighted by atomic mass is 79.9. The number of carbonyl (C=O) groups excluding carboxylic acids is 1. The third kappa shape index (κ3) is 3.63. The molecule has 5 heteroatoms. The van der Waals surface area contributed by atoms with Crippen molar-refractivity contribution in [2.45, 2.75) is 13.3 Å². The van der Waals surface area contributed by atoms with Crippen LogP contribution in [0.5, 0.6) is 0 Å². The minimum Gasteiger partial charge on any atom is -0.325 e. The number of amides is 1. The van der Waals surface area contributed by atoms with E-state index in [1.807, 2.05) is 0 Å². The fourth-order valence-electron chi connectivity index (χ4n) is 1.81. The molecule has 0 spiro atoms. The summed E-state index contributed by atoms with van der Waals surface area (Å²) in [5, 5.41) is 2.62. The van der Waals surface area contributed by atoms with E-state index in [-0.39, 0.29) is 18.1 Å². The van der Waals surface area contributed by atoms with Crippen LogP contribution in [-0.2, 0) is 11.2 Å². The van der Waals surface area contributed by atoms with Crippen molar-refractivity contribution in [1.82, 2.24) is 0 Å². The summed E-state index contributed by atoms with van der Waals surface area (Å²) in [7, 11) is 0. The third-order valence-corrected chi connectivity index (χ3v) is 3.40. The van der Waals surface area contributed by atoms with Gasteiger partial charge in [-0.3, -0.25) is 4.79 Å². The van der Waals surface area contributed by atoms with Crippen molar-refractivity contribution in [3.63, 3.8) is 0 Å². The monoisotopic (exact) mass is 339 g/mol. The number of aryl methyl sites for hydroxylation is 1. The molecule has 0 saturated carbocycles. The molecule has 2 rings (SSSR count). The Kier molecular flexibility index (Phi) is 4.49. The summed E-state index contributed by atoms with van der Waals surface area (Å²) in [5.41, 5.74) is 1.72. The molecule has 1 amide bonds. The van der Waals surface area contributed by atoms with Gasteiger partial charge in [-0.25, -0.2) is 8.78 Å². The predicted molar refractivity (Wildman–Crippen MR) is 77.6 cm³/mol. The van der Waals surface area contributed by atoms with Gasteiger partial charge in [0.25, 0.3) is 0 Å². The molecule has 0 atom stereocenters. The number of hydrogen-bond donors (Lipinski definition) is 1. The Morgan fingerprint density at radius 3 is 2.70 bits per heavy atom.